The van der Waals surface area contributed by atoms with Gasteiger partial charge in [-0.2, -0.15) is 0 Å². The fourth-order valence-corrected chi connectivity index (χ4v) is 3.28. The Kier molecular flexibility index (Phi) is 6.86. The van der Waals surface area contributed by atoms with Crippen LogP contribution in [0.5, 0.6) is 0 Å². The number of nitrogens with one attached hydrogen (secondary N) is 2. The lowest BCUT2D eigenvalue weighted by atomic mass is 9.95. The number of hydrogen-bond acceptors (Lipinski definition) is 3. The van der Waals surface area contributed by atoms with Gasteiger partial charge in [-0.3, -0.25) is 9.00 Å². The van der Waals surface area contributed by atoms with Crippen LogP contribution in [-0.4, -0.2) is 40.3 Å². The lowest BCUT2D eigenvalue weighted by molar-refractivity contribution is -0.123. The predicted octanol–water partition coefficient (Wildman–Crippen LogP) is 1.18. The SMILES string of the molecule is CC(CS(C)=O)NC(C)C(=O)NC1CCCCC1. The summed E-state index contributed by atoms with van der Waals surface area (Å²) in [5, 5.41) is 6.30. The van der Waals surface area contributed by atoms with E-state index in [4.69, 9.17) is 0 Å². The highest BCUT2D eigenvalue weighted by molar-refractivity contribution is 7.84. The molecule has 18 heavy (non-hydrogen) atoms. The van der Waals surface area contributed by atoms with Gasteiger partial charge >= 0.3 is 0 Å². The molecular weight excluding hydrogens is 248 g/mol. The van der Waals surface area contributed by atoms with Gasteiger partial charge in [-0.1, -0.05) is 19.3 Å². The summed E-state index contributed by atoms with van der Waals surface area (Å²) in [4.78, 5) is 12.0. The minimum atomic E-state index is -0.826. The van der Waals surface area contributed by atoms with Gasteiger partial charge in [0.15, 0.2) is 0 Å². The Morgan fingerprint density at radius 3 is 2.44 bits per heavy atom. The smallest absolute Gasteiger partial charge is 0.237 e. The molecule has 1 amide bonds. The maximum atomic E-state index is 12.0. The van der Waals surface area contributed by atoms with Crippen molar-refractivity contribution < 1.29 is 9.00 Å². The van der Waals surface area contributed by atoms with Crippen LogP contribution in [-0.2, 0) is 15.6 Å². The summed E-state index contributed by atoms with van der Waals surface area (Å²) in [5.74, 6) is 0.650. The van der Waals surface area contributed by atoms with Crippen molar-refractivity contribution in [3.8, 4) is 0 Å². The van der Waals surface area contributed by atoms with Gasteiger partial charge in [-0.05, 0) is 26.7 Å². The highest BCUT2D eigenvalue weighted by Crippen LogP contribution is 2.17. The van der Waals surface area contributed by atoms with Gasteiger partial charge in [0, 0.05) is 34.9 Å². The van der Waals surface area contributed by atoms with E-state index in [-0.39, 0.29) is 18.0 Å². The summed E-state index contributed by atoms with van der Waals surface area (Å²) in [5.41, 5.74) is 0. The molecule has 1 rings (SSSR count). The van der Waals surface area contributed by atoms with E-state index < -0.39 is 10.8 Å². The van der Waals surface area contributed by atoms with E-state index >= 15 is 0 Å². The number of rotatable bonds is 6. The molecule has 1 aliphatic rings. The highest BCUT2D eigenvalue weighted by atomic mass is 32.2. The first kappa shape index (κ1) is 15.6. The fourth-order valence-electron chi connectivity index (χ4n) is 2.48. The Morgan fingerprint density at radius 1 is 1.28 bits per heavy atom. The quantitative estimate of drug-likeness (QED) is 0.765. The van der Waals surface area contributed by atoms with Crippen molar-refractivity contribution in [2.24, 2.45) is 0 Å². The standard InChI is InChI=1S/C13H26N2O2S/c1-10(9-18(3)17)14-11(2)13(16)15-12-7-5-4-6-8-12/h10-12,14H,4-9H2,1-3H3,(H,15,16). The molecule has 1 fully saturated rings. The normalized spacial score (nSPS) is 22.2. The maximum Gasteiger partial charge on any atom is 0.237 e. The maximum absolute atomic E-state index is 12.0. The largest absolute Gasteiger partial charge is 0.352 e. The molecule has 0 heterocycles. The van der Waals surface area contributed by atoms with Crippen molar-refractivity contribution in [3.05, 3.63) is 0 Å². The third-order valence-electron chi connectivity index (χ3n) is 3.36. The molecule has 106 valence electrons. The van der Waals surface area contributed by atoms with Crippen LogP contribution in [0.1, 0.15) is 46.0 Å². The van der Waals surface area contributed by atoms with Crippen LogP contribution in [0.25, 0.3) is 0 Å². The van der Waals surface area contributed by atoms with Crippen LogP contribution >= 0.6 is 0 Å². The van der Waals surface area contributed by atoms with Crippen molar-refractivity contribution in [2.45, 2.75) is 64.1 Å². The predicted molar refractivity (Wildman–Crippen MR) is 76.0 cm³/mol. The van der Waals surface area contributed by atoms with Gasteiger partial charge in [0.25, 0.3) is 0 Å². The zero-order valence-electron chi connectivity index (χ0n) is 11.7. The molecule has 3 unspecified atom stereocenters. The summed E-state index contributed by atoms with van der Waals surface area (Å²) < 4.78 is 11.1. The minimum absolute atomic E-state index is 0.0654. The third kappa shape index (κ3) is 5.96. The Labute approximate surface area is 113 Å². The van der Waals surface area contributed by atoms with Crippen LogP contribution in [0, 0.1) is 0 Å². The molecule has 0 radical (unpaired) electrons. The lowest BCUT2D eigenvalue weighted by Gasteiger charge is -2.25. The molecule has 0 saturated heterocycles. The van der Waals surface area contributed by atoms with E-state index in [9.17, 15) is 9.00 Å². The summed E-state index contributed by atoms with van der Waals surface area (Å²) in [7, 11) is -0.826. The fraction of sp³-hybridized carbons (Fsp3) is 0.923. The van der Waals surface area contributed by atoms with E-state index in [1.165, 1.54) is 19.3 Å². The van der Waals surface area contributed by atoms with Crippen molar-refractivity contribution >= 4 is 16.7 Å². The molecule has 0 aromatic heterocycles. The van der Waals surface area contributed by atoms with Crippen LogP contribution in [0.2, 0.25) is 0 Å². The van der Waals surface area contributed by atoms with Gasteiger partial charge in [-0.15, -0.1) is 0 Å². The number of amides is 1. The molecule has 1 saturated carbocycles. The number of carbonyl (C=O) groups is 1. The van der Waals surface area contributed by atoms with Gasteiger partial charge in [0.1, 0.15) is 0 Å². The van der Waals surface area contributed by atoms with Gasteiger partial charge in [-0.25, -0.2) is 0 Å². The second kappa shape index (κ2) is 7.89. The Hall–Kier alpha value is -0.420. The second-order valence-corrected chi connectivity index (χ2v) is 6.85. The second-order valence-electron chi connectivity index (χ2n) is 5.37. The molecule has 0 aliphatic heterocycles. The minimum Gasteiger partial charge on any atom is -0.352 e. The monoisotopic (exact) mass is 274 g/mol. The Morgan fingerprint density at radius 2 is 1.89 bits per heavy atom. The van der Waals surface area contributed by atoms with Crippen LogP contribution in [0.3, 0.4) is 0 Å². The molecular formula is C13H26N2O2S. The molecule has 2 N–H and O–H groups in total. The van der Waals surface area contributed by atoms with Gasteiger partial charge in [0.05, 0.1) is 6.04 Å². The molecule has 4 nitrogen and oxygen atoms in total. The average molecular weight is 274 g/mol. The molecule has 5 heteroatoms. The molecule has 0 bridgehead atoms. The molecule has 0 aromatic carbocycles. The summed E-state index contributed by atoms with van der Waals surface area (Å²) in [6.07, 6.45) is 7.63. The van der Waals surface area contributed by atoms with E-state index in [2.05, 4.69) is 10.6 Å². The number of carbonyl (C=O) groups excluding carboxylic acids is 1. The number of hydrogen-bond donors (Lipinski definition) is 2. The van der Waals surface area contributed by atoms with E-state index in [1.807, 2.05) is 13.8 Å². The van der Waals surface area contributed by atoms with Crippen molar-refractivity contribution in [1.29, 1.82) is 0 Å². The third-order valence-corrected chi connectivity index (χ3v) is 4.33. The Bertz CT molecular complexity index is 291. The molecule has 0 spiro atoms. The van der Waals surface area contributed by atoms with Gasteiger partial charge in [0.2, 0.25) is 5.91 Å². The van der Waals surface area contributed by atoms with Crippen molar-refractivity contribution in [2.75, 3.05) is 12.0 Å². The summed E-state index contributed by atoms with van der Waals surface area (Å²) in [6, 6.07) is 0.236. The van der Waals surface area contributed by atoms with E-state index in [0.29, 0.717) is 11.8 Å². The van der Waals surface area contributed by atoms with Crippen LogP contribution < -0.4 is 10.6 Å². The summed E-state index contributed by atoms with van der Waals surface area (Å²) in [6.45, 7) is 3.83. The zero-order valence-corrected chi connectivity index (χ0v) is 12.5. The Balaban J connectivity index is 2.29. The molecule has 1 aliphatic carbocycles. The first-order valence-corrected chi connectivity index (χ1v) is 8.58. The lowest BCUT2D eigenvalue weighted by Crippen LogP contribution is -2.50. The topological polar surface area (TPSA) is 58.2 Å². The molecule has 3 atom stereocenters. The average Bonchev–Trinajstić information content (AvgIpc) is 2.28. The van der Waals surface area contributed by atoms with Crippen molar-refractivity contribution in [1.82, 2.24) is 10.6 Å². The summed E-state index contributed by atoms with van der Waals surface area (Å²) >= 11 is 0. The molecule has 0 aromatic rings. The van der Waals surface area contributed by atoms with Crippen LogP contribution in [0.15, 0.2) is 0 Å². The highest BCUT2D eigenvalue weighted by Gasteiger charge is 2.20. The van der Waals surface area contributed by atoms with E-state index in [0.717, 1.165) is 12.8 Å². The van der Waals surface area contributed by atoms with E-state index in [1.54, 1.807) is 6.26 Å². The zero-order chi connectivity index (χ0) is 13.5. The first-order valence-electron chi connectivity index (χ1n) is 6.85. The van der Waals surface area contributed by atoms with Gasteiger partial charge < -0.3 is 10.6 Å². The van der Waals surface area contributed by atoms with Crippen molar-refractivity contribution in [3.63, 3.8) is 0 Å². The van der Waals surface area contributed by atoms with Crippen LogP contribution in [0.4, 0.5) is 0 Å². The first-order chi connectivity index (χ1) is 8.49.